The van der Waals surface area contributed by atoms with Crippen molar-refractivity contribution in [2.45, 2.75) is 51.1 Å². The lowest BCUT2D eigenvalue weighted by Crippen LogP contribution is -2.40. The molecule has 146 valence electrons. The van der Waals surface area contributed by atoms with Gasteiger partial charge in [-0.3, -0.25) is 4.99 Å². The molecule has 1 atom stereocenters. The molecule has 1 fully saturated rings. The number of aliphatic imine (C=N–C) groups is 1. The molecule has 1 aromatic carbocycles. The molecule has 3 N–H and O–H groups in total. The Labute approximate surface area is 156 Å². The van der Waals surface area contributed by atoms with Crippen LogP contribution in [0.2, 0.25) is 0 Å². The van der Waals surface area contributed by atoms with E-state index < -0.39 is 10.0 Å². The molecule has 0 saturated carbocycles. The Balaban J connectivity index is 1.80. The van der Waals surface area contributed by atoms with E-state index in [2.05, 4.69) is 20.3 Å². The van der Waals surface area contributed by atoms with E-state index in [-0.39, 0.29) is 17.9 Å². The maximum Gasteiger partial charge on any atom is 0.216 e. The van der Waals surface area contributed by atoms with E-state index in [1.54, 1.807) is 7.05 Å². The van der Waals surface area contributed by atoms with Crippen LogP contribution in [-0.2, 0) is 27.1 Å². The molecular weight excluding hydrogens is 352 g/mol. The van der Waals surface area contributed by atoms with Gasteiger partial charge in [0.2, 0.25) is 10.0 Å². The lowest BCUT2D eigenvalue weighted by atomic mass is 10.1. The summed E-state index contributed by atoms with van der Waals surface area (Å²) in [6.45, 7) is 5.83. The molecule has 1 unspecified atom stereocenters. The molecule has 1 aliphatic rings. The fourth-order valence-corrected chi connectivity index (χ4v) is 4.23. The average molecular weight is 383 g/mol. The Bertz CT molecular complexity index is 681. The first-order chi connectivity index (χ1) is 12.4. The third-order valence-corrected chi connectivity index (χ3v) is 5.54. The predicted molar refractivity (Wildman–Crippen MR) is 105 cm³/mol. The van der Waals surface area contributed by atoms with Crippen LogP contribution in [0.4, 0.5) is 0 Å². The molecule has 0 spiro atoms. The summed E-state index contributed by atoms with van der Waals surface area (Å²) in [7, 11) is -1.56. The maximum atomic E-state index is 12.0. The van der Waals surface area contributed by atoms with Gasteiger partial charge in [0.25, 0.3) is 0 Å². The van der Waals surface area contributed by atoms with Crippen molar-refractivity contribution in [1.82, 2.24) is 15.4 Å². The quantitative estimate of drug-likeness (QED) is 0.466. The van der Waals surface area contributed by atoms with Crippen molar-refractivity contribution in [3.63, 3.8) is 0 Å². The van der Waals surface area contributed by atoms with E-state index in [0.717, 1.165) is 43.1 Å². The molecule has 0 radical (unpaired) electrons. The highest BCUT2D eigenvalue weighted by atomic mass is 32.2. The van der Waals surface area contributed by atoms with Crippen LogP contribution >= 0.6 is 0 Å². The van der Waals surface area contributed by atoms with Crippen LogP contribution in [0.1, 0.15) is 37.8 Å². The summed E-state index contributed by atoms with van der Waals surface area (Å²) >= 11 is 0. The smallest absolute Gasteiger partial charge is 0.216 e. The second-order valence-corrected chi connectivity index (χ2v) is 8.54. The van der Waals surface area contributed by atoms with Gasteiger partial charge in [-0.25, -0.2) is 13.1 Å². The number of guanidine groups is 1. The lowest BCUT2D eigenvalue weighted by molar-refractivity contribution is 0.114. The lowest BCUT2D eigenvalue weighted by Gasteiger charge is -2.15. The summed E-state index contributed by atoms with van der Waals surface area (Å²) in [5.74, 6) is 0.719. The Morgan fingerprint density at radius 3 is 2.50 bits per heavy atom. The Hall–Kier alpha value is -1.64. The van der Waals surface area contributed by atoms with Crippen molar-refractivity contribution in [2.75, 3.05) is 20.2 Å². The SMILES string of the molecule is CN=C(NCc1ccc(CS(=O)(=O)NC(C)C)cc1)NCC1CCCO1. The minimum atomic E-state index is -3.30. The van der Waals surface area contributed by atoms with Gasteiger partial charge in [-0.2, -0.15) is 0 Å². The predicted octanol–water partition coefficient (Wildman–Crippen LogP) is 1.36. The van der Waals surface area contributed by atoms with Gasteiger partial charge in [0, 0.05) is 32.8 Å². The van der Waals surface area contributed by atoms with Gasteiger partial charge < -0.3 is 15.4 Å². The highest BCUT2D eigenvalue weighted by molar-refractivity contribution is 7.88. The fourth-order valence-electron chi connectivity index (χ4n) is 2.80. The Morgan fingerprint density at radius 1 is 1.23 bits per heavy atom. The molecule has 0 bridgehead atoms. The van der Waals surface area contributed by atoms with Crippen LogP contribution in [0, 0.1) is 0 Å². The van der Waals surface area contributed by atoms with Gasteiger partial charge >= 0.3 is 0 Å². The fraction of sp³-hybridized carbons (Fsp3) is 0.611. The number of benzene rings is 1. The monoisotopic (exact) mass is 382 g/mol. The minimum absolute atomic E-state index is 0.0104. The molecule has 1 heterocycles. The summed E-state index contributed by atoms with van der Waals surface area (Å²) in [6, 6.07) is 7.46. The topological polar surface area (TPSA) is 91.8 Å². The van der Waals surface area contributed by atoms with Crippen LogP contribution in [-0.4, -0.2) is 46.7 Å². The zero-order chi connectivity index (χ0) is 19.0. The van der Waals surface area contributed by atoms with Crippen molar-refractivity contribution in [1.29, 1.82) is 0 Å². The molecule has 1 aromatic rings. The number of ether oxygens (including phenoxy) is 1. The first kappa shape index (κ1) is 20.7. The standard InChI is InChI=1S/C18H30N4O3S/c1-14(2)22-26(23,24)13-16-8-6-15(7-9-16)11-20-18(19-3)21-12-17-5-4-10-25-17/h6-9,14,17,22H,4-5,10-13H2,1-3H3,(H2,19,20,21). The number of nitrogens with zero attached hydrogens (tertiary/aromatic N) is 1. The molecule has 0 amide bonds. The third kappa shape index (κ3) is 7.31. The highest BCUT2D eigenvalue weighted by Gasteiger charge is 2.15. The van der Waals surface area contributed by atoms with E-state index in [9.17, 15) is 8.42 Å². The molecule has 0 aromatic heterocycles. The highest BCUT2D eigenvalue weighted by Crippen LogP contribution is 2.10. The second kappa shape index (κ2) is 9.89. The van der Waals surface area contributed by atoms with Crippen LogP contribution < -0.4 is 15.4 Å². The minimum Gasteiger partial charge on any atom is -0.376 e. The number of hydrogen-bond acceptors (Lipinski definition) is 4. The van der Waals surface area contributed by atoms with Crippen LogP contribution in [0.5, 0.6) is 0 Å². The van der Waals surface area contributed by atoms with E-state index in [0.29, 0.717) is 6.54 Å². The average Bonchev–Trinajstić information content (AvgIpc) is 3.08. The van der Waals surface area contributed by atoms with Gasteiger partial charge in [-0.15, -0.1) is 0 Å². The molecular formula is C18H30N4O3S. The van der Waals surface area contributed by atoms with Crippen molar-refractivity contribution in [3.8, 4) is 0 Å². The maximum absolute atomic E-state index is 12.0. The van der Waals surface area contributed by atoms with Crippen LogP contribution in [0.25, 0.3) is 0 Å². The van der Waals surface area contributed by atoms with E-state index >= 15 is 0 Å². The summed E-state index contributed by atoms with van der Waals surface area (Å²) in [4.78, 5) is 4.21. The Morgan fingerprint density at radius 2 is 1.92 bits per heavy atom. The molecule has 1 saturated heterocycles. The Kier molecular flexibility index (Phi) is 7.86. The molecule has 7 nitrogen and oxygen atoms in total. The number of sulfonamides is 1. The van der Waals surface area contributed by atoms with Crippen LogP contribution in [0.3, 0.4) is 0 Å². The van der Waals surface area contributed by atoms with E-state index in [1.165, 1.54) is 0 Å². The van der Waals surface area contributed by atoms with Crippen LogP contribution in [0.15, 0.2) is 29.3 Å². The number of nitrogens with one attached hydrogen (secondary N) is 3. The normalized spacial score (nSPS) is 18.3. The van der Waals surface area contributed by atoms with Crippen molar-refractivity contribution in [3.05, 3.63) is 35.4 Å². The zero-order valence-corrected chi connectivity index (χ0v) is 16.6. The molecule has 1 aliphatic heterocycles. The molecule has 26 heavy (non-hydrogen) atoms. The molecule has 0 aliphatic carbocycles. The first-order valence-corrected chi connectivity index (χ1v) is 10.7. The largest absolute Gasteiger partial charge is 0.376 e. The number of rotatable bonds is 8. The summed E-state index contributed by atoms with van der Waals surface area (Å²) < 4.78 is 32.1. The second-order valence-electron chi connectivity index (χ2n) is 6.79. The molecule has 8 heteroatoms. The van der Waals surface area contributed by atoms with Gasteiger partial charge in [0.15, 0.2) is 5.96 Å². The summed E-state index contributed by atoms with van der Waals surface area (Å²) in [6.07, 6.45) is 2.46. The van der Waals surface area contributed by atoms with Crippen molar-refractivity contribution >= 4 is 16.0 Å². The van der Waals surface area contributed by atoms with Crippen molar-refractivity contribution < 1.29 is 13.2 Å². The van der Waals surface area contributed by atoms with E-state index in [1.807, 2.05) is 38.1 Å². The van der Waals surface area contributed by atoms with Gasteiger partial charge in [0.05, 0.1) is 11.9 Å². The third-order valence-electron chi connectivity index (χ3n) is 4.00. The van der Waals surface area contributed by atoms with Gasteiger partial charge in [-0.1, -0.05) is 24.3 Å². The summed E-state index contributed by atoms with van der Waals surface area (Å²) in [5.41, 5.74) is 1.82. The van der Waals surface area contributed by atoms with Gasteiger partial charge in [0.1, 0.15) is 0 Å². The number of hydrogen-bond donors (Lipinski definition) is 3. The van der Waals surface area contributed by atoms with E-state index in [4.69, 9.17) is 4.74 Å². The molecule has 2 rings (SSSR count). The zero-order valence-electron chi connectivity index (χ0n) is 15.8. The first-order valence-electron chi connectivity index (χ1n) is 9.02. The van der Waals surface area contributed by atoms with Gasteiger partial charge in [-0.05, 0) is 37.8 Å². The van der Waals surface area contributed by atoms with Crippen molar-refractivity contribution in [2.24, 2.45) is 4.99 Å². The summed E-state index contributed by atoms with van der Waals surface area (Å²) in [5, 5.41) is 6.52.